The topological polar surface area (TPSA) is 66.4 Å². The zero-order chi connectivity index (χ0) is 16.8. The Morgan fingerprint density at radius 2 is 1.74 bits per heavy atom. The maximum atomic E-state index is 12.4. The highest BCUT2D eigenvalue weighted by atomic mass is 32.2. The van der Waals surface area contributed by atoms with Crippen LogP contribution in [0.5, 0.6) is 0 Å². The van der Waals surface area contributed by atoms with Crippen LogP contribution in [0, 0.1) is 11.8 Å². The average Bonchev–Trinajstić information content (AvgIpc) is 2.55. The van der Waals surface area contributed by atoms with Gasteiger partial charge < -0.3 is 10.4 Å². The zero-order valence-electron chi connectivity index (χ0n) is 13.7. The molecule has 23 heavy (non-hydrogen) atoms. The second-order valence-corrected chi connectivity index (χ2v) is 7.46. The van der Waals surface area contributed by atoms with Crippen molar-refractivity contribution < 1.29 is 14.7 Å². The lowest BCUT2D eigenvalue weighted by atomic mass is 9.81. The van der Waals surface area contributed by atoms with E-state index in [0.29, 0.717) is 25.7 Å². The lowest BCUT2D eigenvalue weighted by Gasteiger charge is -2.26. The Labute approximate surface area is 142 Å². The van der Waals surface area contributed by atoms with Crippen LogP contribution in [0.2, 0.25) is 0 Å². The quantitative estimate of drug-likeness (QED) is 0.775. The lowest BCUT2D eigenvalue weighted by molar-refractivity contribution is -0.144. The van der Waals surface area contributed by atoms with Crippen LogP contribution in [0.4, 0.5) is 0 Å². The maximum absolute atomic E-state index is 12.4. The summed E-state index contributed by atoms with van der Waals surface area (Å²) in [5.41, 5.74) is 1.10. The summed E-state index contributed by atoms with van der Waals surface area (Å²) >= 11 is 1.80. The van der Waals surface area contributed by atoms with Crippen LogP contribution in [0.1, 0.15) is 51.1 Å². The molecule has 1 aliphatic rings. The number of carboxylic acid groups (broad SMARTS) is 1. The molecule has 2 N–H and O–H groups in total. The molecule has 0 spiro atoms. The molecule has 1 atom stereocenters. The van der Waals surface area contributed by atoms with Gasteiger partial charge >= 0.3 is 5.97 Å². The van der Waals surface area contributed by atoms with Crippen molar-refractivity contribution >= 4 is 23.6 Å². The summed E-state index contributed by atoms with van der Waals surface area (Å²) in [5, 5.41) is 12.1. The normalized spacial score (nSPS) is 22.3. The van der Waals surface area contributed by atoms with E-state index in [1.165, 1.54) is 4.90 Å². The van der Waals surface area contributed by atoms with Gasteiger partial charge in [0.05, 0.1) is 12.0 Å². The van der Waals surface area contributed by atoms with Crippen LogP contribution in [-0.4, -0.2) is 22.7 Å². The fraction of sp³-hybridized carbons (Fsp3) is 0.556. The molecule has 1 amide bonds. The summed E-state index contributed by atoms with van der Waals surface area (Å²) in [6.45, 7) is 4.11. The minimum absolute atomic E-state index is 0.0274. The van der Waals surface area contributed by atoms with Gasteiger partial charge in [0.2, 0.25) is 5.91 Å². The van der Waals surface area contributed by atoms with Crippen molar-refractivity contribution in [3.05, 3.63) is 29.8 Å². The van der Waals surface area contributed by atoms with E-state index in [4.69, 9.17) is 5.11 Å². The number of carbonyl (C=O) groups excluding carboxylic acids is 1. The van der Waals surface area contributed by atoms with Crippen molar-refractivity contribution in [1.82, 2.24) is 5.32 Å². The first-order valence-electron chi connectivity index (χ1n) is 8.27. The summed E-state index contributed by atoms with van der Waals surface area (Å²) in [6.07, 6.45) is 2.54. The van der Waals surface area contributed by atoms with Gasteiger partial charge in [-0.3, -0.25) is 9.59 Å². The number of hydrogen-bond donors (Lipinski definition) is 2. The number of rotatable bonds is 6. The maximum Gasteiger partial charge on any atom is 0.306 e. The predicted molar refractivity (Wildman–Crippen MR) is 92.5 cm³/mol. The third kappa shape index (κ3) is 4.99. The molecule has 1 fully saturated rings. The fourth-order valence-corrected chi connectivity index (χ4v) is 3.70. The molecule has 0 bridgehead atoms. The third-order valence-electron chi connectivity index (χ3n) is 4.50. The number of amides is 1. The van der Waals surface area contributed by atoms with E-state index < -0.39 is 5.97 Å². The highest BCUT2D eigenvalue weighted by molar-refractivity contribution is 7.99. The first-order chi connectivity index (χ1) is 11.0. The predicted octanol–water partition coefficient (Wildman–Crippen LogP) is 3.87. The first-order valence-corrected chi connectivity index (χ1v) is 9.25. The van der Waals surface area contributed by atoms with Crippen molar-refractivity contribution in [3.63, 3.8) is 0 Å². The van der Waals surface area contributed by atoms with Crippen LogP contribution in [0.3, 0.4) is 0 Å². The van der Waals surface area contributed by atoms with E-state index in [1.807, 2.05) is 6.92 Å². The van der Waals surface area contributed by atoms with Gasteiger partial charge in [-0.15, -0.1) is 11.8 Å². The Morgan fingerprint density at radius 1 is 1.17 bits per heavy atom. The molecule has 1 unspecified atom stereocenters. The number of carbonyl (C=O) groups is 2. The standard InChI is InChI=1S/C18H25NO3S/c1-3-23-16-10-8-13(9-11-16)12(2)19-17(20)14-4-6-15(7-5-14)18(21)22/h8-12,14-15H,3-7H2,1-2H3,(H,19,20)(H,21,22). The van der Waals surface area contributed by atoms with Crippen molar-refractivity contribution in [2.24, 2.45) is 11.8 Å². The highest BCUT2D eigenvalue weighted by Crippen LogP contribution is 2.29. The molecule has 0 aliphatic heterocycles. The van der Waals surface area contributed by atoms with Gasteiger partial charge in [0.1, 0.15) is 0 Å². The molecule has 1 aliphatic carbocycles. The highest BCUT2D eigenvalue weighted by Gasteiger charge is 2.30. The van der Waals surface area contributed by atoms with E-state index >= 15 is 0 Å². The van der Waals surface area contributed by atoms with Crippen LogP contribution < -0.4 is 5.32 Å². The molecule has 1 aromatic rings. The molecular weight excluding hydrogens is 310 g/mol. The molecule has 2 rings (SSSR count). The van der Waals surface area contributed by atoms with E-state index in [1.54, 1.807) is 11.8 Å². The number of aliphatic carboxylic acids is 1. The van der Waals surface area contributed by atoms with E-state index in [9.17, 15) is 9.59 Å². The second kappa shape index (κ2) is 8.39. The molecule has 1 saturated carbocycles. The Balaban J connectivity index is 1.86. The minimum Gasteiger partial charge on any atom is -0.481 e. The Bertz CT molecular complexity index is 536. The number of hydrogen-bond acceptors (Lipinski definition) is 3. The van der Waals surface area contributed by atoms with Crippen molar-refractivity contribution in [2.75, 3.05) is 5.75 Å². The monoisotopic (exact) mass is 335 g/mol. The molecule has 126 valence electrons. The molecule has 5 heteroatoms. The van der Waals surface area contributed by atoms with Crippen molar-refractivity contribution in [2.45, 2.75) is 50.5 Å². The van der Waals surface area contributed by atoms with Crippen LogP contribution >= 0.6 is 11.8 Å². The van der Waals surface area contributed by atoms with Crippen molar-refractivity contribution in [3.8, 4) is 0 Å². The van der Waals surface area contributed by atoms with Gasteiger partial charge in [0.15, 0.2) is 0 Å². The van der Waals surface area contributed by atoms with Gasteiger partial charge in [-0.25, -0.2) is 0 Å². The summed E-state index contributed by atoms with van der Waals surface area (Å²) in [7, 11) is 0. The van der Waals surface area contributed by atoms with Crippen LogP contribution in [-0.2, 0) is 9.59 Å². The van der Waals surface area contributed by atoms with Crippen LogP contribution in [0.25, 0.3) is 0 Å². The largest absolute Gasteiger partial charge is 0.481 e. The minimum atomic E-state index is -0.734. The summed E-state index contributed by atoms with van der Waals surface area (Å²) < 4.78 is 0. The van der Waals surface area contributed by atoms with E-state index in [0.717, 1.165) is 11.3 Å². The summed E-state index contributed by atoms with van der Waals surface area (Å²) in [4.78, 5) is 24.6. The summed E-state index contributed by atoms with van der Waals surface area (Å²) in [5.74, 6) is 0.0312. The average molecular weight is 335 g/mol. The smallest absolute Gasteiger partial charge is 0.306 e. The first kappa shape index (κ1) is 17.9. The Hall–Kier alpha value is -1.49. The number of nitrogens with one attached hydrogen (secondary N) is 1. The van der Waals surface area contributed by atoms with Gasteiger partial charge in [-0.2, -0.15) is 0 Å². The number of carboxylic acids is 1. The molecular formula is C18H25NO3S. The Kier molecular flexibility index (Phi) is 6.51. The molecule has 0 saturated heterocycles. The third-order valence-corrected chi connectivity index (χ3v) is 5.39. The summed E-state index contributed by atoms with van der Waals surface area (Å²) in [6, 6.07) is 8.27. The van der Waals surface area contributed by atoms with E-state index in [2.05, 4.69) is 36.5 Å². The molecule has 0 radical (unpaired) electrons. The zero-order valence-corrected chi connectivity index (χ0v) is 14.6. The molecule has 1 aromatic carbocycles. The number of benzene rings is 1. The van der Waals surface area contributed by atoms with E-state index in [-0.39, 0.29) is 23.8 Å². The SMILES string of the molecule is CCSc1ccc(C(C)NC(=O)C2CCC(C(=O)O)CC2)cc1. The Morgan fingerprint density at radius 3 is 2.26 bits per heavy atom. The molecule has 0 aromatic heterocycles. The van der Waals surface area contributed by atoms with Crippen molar-refractivity contribution in [1.29, 1.82) is 0 Å². The van der Waals surface area contributed by atoms with Gasteiger partial charge in [0, 0.05) is 10.8 Å². The van der Waals surface area contributed by atoms with Gasteiger partial charge in [-0.05, 0) is 56.1 Å². The molecule has 0 heterocycles. The number of thioether (sulfide) groups is 1. The molecule has 4 nitrogen and oxygen atoms in total. The van der Waals surface area contributed by atoms with Crippen LogP contribution in [0.15, 0.2) is 29.2 Å². The van der Waals surface area contributed by atoms with Gasteiger partial charge in [-0.1, -0.05) is 19.1 Å². The second-order valence-electron chi connectivity index (χ2n) is 6.12. The lowest BCUT2D eigenvalue weighted by Crippen LogP contribution is -2.35. The van der Waals surface area contributed by atoms with Gasteiger partial charge in [0.25, 0.3) is 0 Å². The fourth-order valence-electron chi connectivity index (χ4n) is 3.04.